The molecule has 0 radical (unpaired) electrons. The molecule has 2 aromatic carbocycles. The van der Waals surface area contributed by atoms with E-state index in [4.69, 9.17) is 4.42 Å². The zero-order valence-corrected chi connectivity index (χ0v) is 21.3. The summed E-state index contributed by atoms with van der Waals surface area (Å²) in [6, 6.07) is 18.2. The van der Waals surface area contributed by atoms with Gasteiger partial charge in [-0.05, 0) is 51.2 Å². The standard InChI is InChI=1S/C26H30N6O2S/c1-19-9-8-12-22(15-19)32-20(2)28-29-26(32)35-18-24-27-23(17-34-24)25(33)31(14-13-30(3)4)16-21-10-6-5-7-11-21/h5-12,15,17H,13-14,16,18H2,1-4H3. The van der Waals surface area contributed by atoms with E-state index in [-0.39, 0.29) is 5.91 Å². The number of carbonyl (C=O) groups is 1. The summed E-state index contributed by atoms with van der Waals surface area (Å²) in [5.74, 6) is 1.57. The highest BCUT2D eigenvalue weighted by Gasteiger charge is 2.21. The number of benzene rings is 2. The van der Waals surface area contributed by atoms with E-state index in [0.29, 0.717) is 30.4 Å². The topological polar surface area (TPSA) is 80.3 Å². The highest BCUT2D eigenvalue weighted by Crippen LogP contribution is 2.25. The van der Waals surface area contributed by atoms with Gasteiger partial charge in [0.2, 0.25) is 5.89 Å². The highest BCUT2D eigenvalue weighted by atomic mass is 32.2. The fraction of sp³-hybridized carbons (Fsp3) is 0.308. The number of aryl methyl sites for hydroxylation is 2. The van der Waals surface area contributed by atoms with Crippen molar-refractivity contribution in [3.8, 4) is 5.69 Å². The summed E-state index contributed by atoms with van der Waals surface area (Å²) in [6.07, 6.45) is 1.45. The quantitative estimate of drug-likeness (QED) is 0.305. The Morgan fingerprint density at radius 3 is 2.57 bits per heavy atom. The molecular formula is C26H30N6O2S. The van der Waals surface area contributed by atoms with Crippen LogP contribution in [0.5, 0.6) is 0 Å². The maximum Gasteiger partial charge on any atom is 0.276 e. The molecule has 0 aliphatic rings. The Kier molecular flexibility index (Phi) is 7.99. The molecule has 35 heavy (non-hydrogen) atoms. The monoisotopic (exact) mass is 490 g/mol. The van der Waals surface area contributed by atoms with Crippen LogP contribution in [0.25, 0.3) is 5.69 Å². The summed E-state index contributed by atoms with van der Waals surface area (Å²) >= 11 is 1.47. The molecule has 1 amide bonds. The summed E-state index contributed by atoms with van der Waals surface area (Å²) in [5, 5.41) is 9.31. The molecule has 2 aromatic heterocycles. The van der Waals surface area contributed by atoms with Crippen molar-refractivity contribution in [3.63, 3.8) is 0 Å². The van der Waals surface area contributed by atoms with Crippen LogP contribution in [0.3, 0.4) is 0 Å². The van der Waals surface area contributed by atoms with Crippen molar-refractivity contribution in [2.24, 2.45) is 0 Å². The van der Waals surface area contributed by atoms with E-state index in [9.17, 15) is 4.79 Å². The number of nitrogens with zero attached hydrogens (tertiary/aromatic N) is 6. The minimum Gasteiger partial charge on any atom is -0.447 e. The van der Waals surface area contributed by atoms with E-state index in [1.165, 1.54) is 18.0 Å². The summed E-state index contributed by atoms with van der Waals surface area (Å²) in [7, 11) is 3.99. The molecule has 9 heteroatoms. The van der Waals surface area contributed by atoms with Gasteiger partial charge in [-0.3, -0.25) is 9.36 Å². The van der Waals surface area contributed by atoms with E-state index in [1.807, 2.05) is 73.0 Å². The maximum absolute atomic E-state index is 13.3. The molecule has 0 aliphatic carbocycles. The number of likely N-dealkylation sites (N-methyl/N-ethyl adjacent to an activating group) is 1. The van der Waals surface area contributed by atoms with E-state index in [2.05, 4.69) is 39.1 Å². The van der Waals surface area contributed by atoms with Crippen LogP contribution in [-0.4, -0.2) is 62.6 Å². The first-order valence-electron chi connectivity index (χ1n) is 11.4. The largest absolute Gasteiger partial charge is 0.447 e. The molecule has 0 saturated carbocycles. The number of hydrogen-bond donors (Lipinski definition) is 0. The molecule has 8 nitrogen and oxygen atoms in total. The second-order valence-corrected chi connectivity index (χ2v) is 9.58. The number of thioether (sulfide) groups is 1. The Morgan fingerprint density at radius 1 is 1.03 bits per heavy atom. The number of carbonyl (C=O) groups excluding carboxylic acids is 1. The summed E-state index contributed by atoms with van der Waals surface area (Å²) < 4.78 is 7.67. The molecule has 0 N–H and O–H groups in total. The predicted molar refractivity (Wildman–Crippen MR) is 137 cm³/mol. The molecule has 0 spiro atoms. The third-order valence-corrected chi connectivity index (χ3v) is 6.38. The van der Waals surface area contributed by atoms with Gasteiger partial charge >= 0.3 is 0 Å². The Hall–Kier alpha value is -3.43. The Bertz CT molecular complexity index is 1270. The second-order valence-electron chi connectivity index (χ2n) is 8.63. The molecular weight excluding hydrogens is 460 g/mol. The zero-order chi connectivity index (χ0) is 24.8. The minimum atomic E-state index is -0.144. The lowest BCUT2D eigenvalue weighted by Gasteiger charge is -2.23. The lowest BCUT2D eigenvalue weighted by atomic mass is 10.2. The van der Waals surface area contributed by atoms with Gasteiger partial charge in [-0.1, -0.05) is 54.2 Å². The van der Waals surface area contributed by atoms with Gasteiger partial charge in [0.05, 0.1) is 5.75 Å². The molecule has 4 rings (SSSR count). The molecule has 0 atom stereocenters. The minimum absolute atomic E-state index is 0.144. The summed E-state index contributed by atoms with van der Waals surface area (Å²) in [5.41, 5.74) is 3.56. The maximum atomic E-state index is 13.3. The van der Waals surface area contributed by atoms with Gasteiger partial charge in [-0.15, -0.1) is 10.2 Å². The first kappa shape index (κ1) is 24.7. The van der Waals surface area contributed by atoms with Crippen molar-refractivity contribution in [2.45, 2.75) is 31.3 Å². The van der Waals surface area contributed by atoms with Crippen LogP contribution in [0.4, 0.5) is 0 Å². The van der Waals surface area contributed by atoms with E-state index >= 15 is 0 Å². The van der Waals surface area contributed by atoms with E-state index < -0.39 is 0 Å². The van der Waals surface area contributed by atoms with Crippen molar-refractivity contribution >= 4 is 17.7 Å². The second kappa shape index (κ2) is 11.3. The third-order valence-electron chi connectivity index (χ3n) is 5.47. The molecule has 182 valence electrons. The Balaban J connectivity index is 1.46. The van der Waals surface area contributed by atoms with Gasteiger partial charge in [0.15, 0.2) is 10.9 Å². The zero-order valence-electron chi connectivity index (χ0n) is 20.5. The van der Waals surface area contributed by atoms with E-state index in [1.54, 1.807) is 0 Å². The summed E-state index contributed by atoms with van der Waals surface area (Å²) in [6.45, 7) is 5.85. The normalized spacial score (nSPS) is 11.2. The average Bonchev–Trinajstić information content (AvgIpc) is 3.47. The molecule has 4 aromatic rings. The average molecular weight is 491 g/mol. The van der Waals surface area contributed by atoms with Crippen molar-refractivity contribution in [1.29, 1.82) is 0 Å². The van der Waals surface area contributed by atoms with Crippen LogP contribution in [0, 0.1) is 13.8 Å². The third kappa shape index (κ3) is 6.37. The van der Waals surface area contributed by atoms with Crippen LogP contribution in [0.2, 0.25) is 0 Å². The van der Waals surface area contributed by atoms with Gasteiger partial charge in [-0.25, -0.2) is 4.98 Å². The first-order chi connectivity index (χ1) is 16.9. The van der Waals surface area contributed by atoms with Crippen LogP contribution in [0.1, 0.15) is 33.3 Å². The number of oxazole rings is 1. The Morgan fingerprint density at radius 2 is 1.83 bits per heavy atom. The van der Waals surface area contributed by atoms with Gasteiger partial charge in [-0.2, -0.15) is 0 Å². The Labute approximate surface area is 210 Å². The number of rotatable bonds is 10. The predicted octanol–water partition coefficient (Wildman–Crippen LogP) is 4.37. The van der Waals surface area contributed by atoms with Crippen LogP contribution in [-0.2, 0) is 12.3 Å². The molecule has 0 aliphatic heterocycles. The molecule has 0 fully saturated rings. The smallest absolute Gasteiger partial charge is 0.276 e. The van der Waals surface area contributed by atoms with Crippen molar-refractivity contribution < 1.29 is 9.21 Å². The number of amides is 1. The molecule has 2 heterocycles. The molecule has 0 saturated heterocycles. The number of aromatic nitrogens is 4. The molecule has 0 unspecified atom stereocenters. The van der Waals surface area contributed by atoms with Crippen molar-refractivity contribution in [2.75, 3.05) is 27.2 Å². The van der Waals surface area contributed by atoms with Crippen molar-refractivity contribution in [3.05, 3.63) is 89.4 Å². The van der Waals surface area contributed by atoms with Crippen LogP contribution < -0.4 is 0 Å². The van der Waals surface area contributed by atoms with Gasteiger partial charge in [0, 0.05) is 25.3 Å². The van der Waals surface area contributed by atoms with Crippen molar-refractivity contribution in [1.82, 2.24) is 29.5 Å². The molecule has 0 bridgehead atoms. The van der Waals surface area contributed by atoms with Gasteiger partial charge < -0.3 is 14.2 Å². The van der Waals surface area contributed by atoms with Gasteiger partial charge in [0.1, 0.15) is 12.1 Å². The lowest BCUT2D eigenvalue weighted by Crippen LogP contribution is -2.36. The highest BCUT2D eigenvalue weighted by molar-refractivity contribution is 7.98. The fourth-order valence-corrected chi connectivity index (χ4v) is 4.49. The fourth-order valence-electron chi connectivity index (χ4n) is 3.64. The SMILES string of the molecule is Cc1cccc(-n2c(C)nnc2SCc2nc(C(=O)N(CCN(C)C)Cc3ccccc3)co2)c1. The van der Waals surface area contributed by atoms with Crippen LogP contribution in [0.15, 0.2) is 70.4 Å². The van der Waals surface area contributed by atoms with E-state index in [0.717, 1.165) is 34.3 Å². The lowest BCUT2D eigenvalue weighted by molar-refractivity contribution is 0.0726. The number of hydrogen-bond acceptors (Lipinski definition) is 7. The summed E-state index contributed by atoms with van der Waals surface area (Å²) in [4.78, 5) is 21.6. The van der Waals surface area contributed by atoms with Gasteiger partial charge in [0.25, 0.3) is 5.91 Å². The first-order valence-corrected chi connectivity index (χ1v) is 12.4. The van der Waals surface area contributed by atoms with Crippen LogP contribution >= 0.6 is 11.8 Å².